The predicted octanol–water partition coefficient (Wildman–Crippen LogP) is 4.94. The van der Waals surface area contributed by atoms with Crippen LogP contribution in [0.4, 0.5) is 0 Å². The molecule has 2 nitrogen and oxygen atoms in total. The van der Waals surface area contributed by atoms with E-state index in [1.165, 1.54) is 0 Å². The summed E-state index contributed by atoms with van der Waals surface area (Å²) in [5, 5.41) is 1.68. The van der Waals surface area contributed by atoms with Gasteiger partial charge in [0.1, 0.15) is 0 Å². The number of halogens is 2. The Morgan fingerprint density at radius 3 is 2.75 bits per heavy atom. The summed E-state index contributed by atoms with van der Waals surface area (Å²) in [5.74, 6) is 0.0424. The summed E-state index contributed by atoms with van der Waals surface area (Å²) in [5.41, 5.74) is 1.67. The minimum absolute atomic E-state index is 0.0424. The molecule has 1 aromatic heterocycles. The Hall–Kier alpha value is -1.58. The quantitative estimate of drug-likeness (QED) is 0.614. The third kappa shape index (κ3) is 2.51. The molecule has 0 radical (unpaired) electrons. The lowest BCUT2D eigenvalue weighted by Crippen LogP contribution is -2.09. The fourth-order valence-corrected chi connectivity index (χ4v) is 3.01. The number of rotatable bonds is 3. The van der Waals surface area contributed by atoms with Gasteiger partial charge in [0, 0.05) is 32.2 Å². The molecular formula is C16H11BrClNO. The van der Waals surface area contributed by atoms with Gasteiger partial charge in [-0.1, -0.05) is 41.9 Å². The monoisotopic (exact) mass is 347 g/mol. The summed E-state index contributed by atoms with van der Waals surface area (Å²) >= 11 is 9.45. The molecule has 4 heteroatoms. The van der Waals surface area contributed by atoms with Crippen LogP contribution in [0.5, 0.6) is 0 Å². The van der Waals surface area contributed by atoms with Gasteiger partial charge in [-0.05, 0) is 34.1 Å². The molecule has 20 heavy (non-hydrogen) atoms. The Balaban J connectivity index is 1.95. The number of carbonyl (C=O) groups is 1. The van der Waals surface area contributed by atoms with Crippen molar-refractivity contribution in [3.8, 4) is 0 Å². The molecule has 1 heterocycles. The van der Waals surface area contributed by atoms with Gasteiger partial charge in [-0.15, -0.1) is 0 Å². The lowest BCUT2D eigenvalue weighted by Gasteiger charge is -2.05. The van der Waals surface area contributed by atoms with Gasteiger partial charge < -0.3 is 4.57 Å². The molecule has 2 aromatic carbocycles. The number of hydrogen-bond acceptors (Lipinski definition) is 1. The van der Waals surface area contributed by atoms with Crippen LogP contribution >= 0.6 is 27.5 Å². The van der Waals surface area contributed by atoms with Gasteiger partial charge in [0.2, 0.25) is 0 Å². The smallest absolute Gasteiger partial charge is 0.182 e. The molecule has 0 amide bonds. The number of Topliss-reactive ketones (excluding diaryl/α,β-unsaturated/α-hetero) is 1. The third-order valence-electron chi connectivity index (χ3n) is 3.20. The van der Waals surface area contributed by atoms with Crippen LogP contribution in [0.2, 0.25) is 5.02 Å². The normalized spacial score (nSPS) is 10.9. The lowest BCUT2D eigenvalue weighted by atomic mass is 10.1. The van der Waals surface area contributed by atoms with Crippen molar-refractivity contribution in [2.45, 2.75) is 6.54 Å². The fourth-order valence-electron chi connectivity index (χ4n) is 2.24. The maximum absolute atomic E-state index is 12.3. The van der Waals surface area contributed by atoms with E-state index >= 15 is 0 Å². The number of aromatic nitrogens is 1. The highest BCUT2D eigenvalue weighted by atomic mass is 79.9. The second kappa shape index (κ2) is 5.43. The van der Waals surface area contributed by atoms with E-state index in [0.29, 0.717) is 17.1 Å². The molecule has 0 atom stereocenters. The van der Waals surface area contributed by atoms with E-state index in [1.807, 2.05) is 35.0 Å². The van der Waals surface area contributed by atoms with Crippen LogP contribution in [0.3, 0.4) is 0 Å². The molecule has 0 spiro atoms. The standard InChI is InChI=1S/C16H11BrClNO/c17-14-9-19(15-7-2-1-6-13(14)15)10-16(20)11-4-3-5-12(18)8-11/h1-9H,10H2. The first-order valence-electron chi connectivity index (χ1n) is 6.17. The molecule has 100 valence electrons. The van der Waals surface area contributed by atoms with Gasteiger partial charge in [-0.25, -0.2) is 0 Å². The molecule has 0 aliphatic heterocycles. The molecule has 3 rings (SSSR count). The van der Waals surface area contributed by atoms with Crippen molar-refractivity contribution < 1.29 is 4.79 Å². The van der Waals surface area contributed by atoms with Crippen LogP contribution < -0.4 is 0 Å². The van der Waals surface area contributed by atoms with E-state index in [4.69, 9.17) is 11.6 Å². The second-order valence-corrected chi connectivity index (χ2v) is 5.85. The van der Waals surface area contributed by atoms with Gasteiger partial charge in [0.15, 0.2) is 5.78 Å². The topological polar surface area (TPSA) is 22.0 Å². The van der Waals surface area contributed by atoms with Crippen LogP contribution in [0.15, 0.2) is 59.2 Å². The molecule has 0 aliphatic rings. The van der Waals surface area contributed by atoms with Crippen molar-refractivity contribution in [2.75, 3.05) is 0 Å². The van der Waals surface area contributed by atoms with Crippen LogP contribution in [0, 0.1) is 0 Å². The molecule has 0 aliphatic carbocycles. The highest BCUT2D eigenvalue weighted by molar-refractivity contribution is 9.10. The largest absolute Gasteiger partial charge is 0.338 e. The summed E-state index contributed by atoms with van der Waals surface area (Å²) in [7, 11) is 0. The SMILES string of the molecule is O=C(Cn1cc(Br)c2ccccc21)c1cccc(Cl)c1. The summed E-state index contributed by atoms with van der Waals surface area (Å²) in [4.78, 5) is 12.3. The highest BCUT2D eigenvalue weighted by Crippen LogP contribution is 2.26. The van der Waals surface area contributed by atoms with E-state index in [-0.39, 0.29) is 5.78 Å². The molecule has 0 bridgehead atoms. The first kappa shape index (κ1) is 13.4. The minimum Gasteiger partial charge on any atom is -0.338 e. The van der Waals surface area contributed by atoms with Gasteiger partial charge in [0.25, 0.3) is 0 Å². The number of nitrogens with zero attached hydrogens (tertiary/aromatic N) is 1. The van der Waals surface area contributed by atoms with Crippen LogP contribution in [-0.2, 0) is 6.54 Å². The lowest BCUT2D eigenvalue weighted by molar-refractivity contribution is 0.0973. The molecular weight excluding hydrogens is 338 g/mol. The maximum atomic E-state index is 12.3. The summed E-state index contributed by atoms with van der Waals surface area (Å²) in [6, 6.07) is 15.0. The Kier molecular flexibility index (Phi) is 3.64. The zero-order valence-electron chi connectivity index (χ0n) is 10.5. The van der Waals surface area contributed by atoms with Gasteiger partial charge in [-0.2, -0.15) is 0 Å². The zero-order valence-corrected chi connectivity index (χ0v) is 12.9. The molecule has 3 aromatic rings. The van der Waals surface area contributed by atoms with Crippen LogP contribution in [0.25, 0.3) is 10.9 Å². The predicted molar refractivity (Wildman–Crippen MR) is 85.4 cm³/mol. The first-order chi connectivity index (χ1) is 9.65. The number of ketones is 1. The van der Waals surface area contributed by atoms with Crippen molar-refractivity contribution in [1.29, 1.82) is 0 Å². The zero-order chi connectivity index (χ0) is 14.1. The summed E-state index contributed by atoms with van der Waals surface area (Å²) < 4.78 is 2.94. The first-order valence-corrected chi connectivity index (χ1v) is 7.34. The van der Waals surface area contributed by atoms with Gasteiger partial charge in [0.05, 0.1) is 6.54 Å². The second-order valence-electron chi connectivity index (χ2n) is 4.56. The Morgan fingerprint density at radius 2 is 1.95 bits per heavy atom. The Bertz CT molecular complexity index is 794. The van der Waals surface area contributed by atoms with E-state index in [9.17, 15) is 4.79 Å². The van der Waals surface area contributed by atoms with Crippen LogP contribution in [-0.4, -0.2) is 10.4 Å². The van der Waals surface area contributed by atoms with Crippen molar-refractivity contribution in [3.05, 3.63) is 69.8 Å². The molecule has 0 N–H and O–H groups in total. The number of benzene rings is 2. The molecule has 0 saturated heterocycles. The van der Waals surface area contributed by atoms with Crippen molar-refractivity contribution in [2.24, 2.45) is 0 Å². The van der Waals surface area contributed by atoms with Crippen molar-refractivity contribution in [3.63, 3.8) is 0 Å². The van der Waals surface area contributed by atoms with E-state index < -0.39 is 0 Å². The average molecular weight is 349 g/mol. The number of fused-ring (bicyclic) bond motifs is 1. The molecule has 0 saturated carbocycles. The molecule has 0 fully saturated rings. The summed E-state index contributed by atoms with van der Waals surface area (Å²) in [6.07, 6.45) is 1.94. The summed E-state index contributed by atoms with van der Waals surface area (Å²) in [6.45, 7) is 0.298. The third-order valence-corrected chi connectivity index (χ3v) is 4.07. The van der Waals surface area contributed by atoms with Crippen LogP contribution in [0.1, 0.15) is 10.4 Å². The van der Waals surface area contributed by atoms with E-state index in [1.54, 1.807) is 24.3 Å². The van der Waals surface area contributed by atoms with Gasteiger partial charge in [-0.3, -0.25) is 4.79 Å². The van der Waals surface area contributed by atoms with Crippen molar-refractivity contribution >= 4 is 44.2 Å². The van der Waals surface area contributed by atoms with E-state index in [2.05, 4.69) is 15.9 Å². The Morgan fingerprint density at radius 1 is 1.15 bits per heavy atom. The minimum atomic E-state index is 0.0424. The fraction of sp³-hybridized carbons (Fsp3) is 0.0625. The Labute approximate surface area is 130 Å². The number of carbonyl (C=O) groups excluding carboxylic acids is 1. The van der Waals surface area contributed by atoms with Gasteiger partial charge >= 0.3 is 0 Å². The molecule has 0 unspecified atom stereocenters. The maximum Gasteiger partial charge on any atom is 0.182 e. The van der Waals surface area contributed by atoms with Crippen molar-refractivity contribution in [1.82, 2.24) is 4.57 Å². The number of para-hydroxylation sites is 1. The van der Waals surface area contributed by atoms with E-state index in [0.717, 1.165) is 15.4 Å². The number of hydrogen-bond donors (Lipinski definition) is 0. The average Bonchev–Trinajstić information content (AvgIpc) is 2.76. The highest BCUT2D eigenvalue weighted by Gasteiger charge is 2.11.